The summed E-state index contributed by atoms with van der Waals surface area (Å²) >= 11 is 3.31. The molecule has 3 aromatic rings. The summed E-state index contributed by atoms with van der Waals surface area (Å²) in [7, 11) is 0. The molecule has 2 nitrogen and oxygen atoms in total. The van der Waals surface area contributed by atoms with Crippen molar-refractivity contribution in [3.63, 3.8) is 0 Å². The number of carbonyl (C=O) groups is 1. The lowest BCUT2D eigenvalue weighted by atomic mass is 10.00. The fourth-order valence-corrected chi connectivity index (χ4v) is 3.87. The predicted octanol–water partition coefficient (Wildman–Crippen LogP) is 4.29. The van der Waals surface area contributed by atoms with E-state index in [1.54, 1.807) is 23.1 Å². The third kappa shape index (κ3) is 3.28. The van der Waals surface area contributed by atoms with E-state index in [0.29, 0.717) is 5.75 Å². The molecule has 0 saturated heterocycles. The monoisotopic (exact) mass is 313 g/mol. The van der Waals surface area contributed by atoms with Gasteiger partial charge in [0.15, 0.2) is 0 Å². The predicted molar refractivity (Wildman–Crippen MR) is 92.6 cm³/mol. The van der Waals surface area contributed by atoms with Gasteiger partial charge in [-0.2, -0.15) is 0 Å². The van der Waals surface area contributed by atoms with Crippen molar-refractivity contribution in [1.29, 1.82) is 0 Å². The van der Waals surface area contributed by atoms with Crippen LogP contribution in [0.4, 0.5) is 0 Å². The Balaban J connectivity index is 1.91. The van der Waals surface area contributed by atoms with Gasteiger partial charge in [-0.25, -0.2) is 0 Å². The standard InChI is InChI=1S/C17H15NOS2/c18-17(19)11-20-10-14-3-1-2-4-15(14)12-5-6-16-13(9-12)7-8-21-16/h1-9H,10-11H2,(H2,18,19). The minimum absolute atomic E-state index is 0.267. The highest BCUT2D eigenvalue weighted by atomic mass is 32.2. The number of carbonyl (C=O) groups excluding carboxylic acids is 1. The van der Waals surface area contributed by atoms with Crippen LogP contribution in [0.25, 0.3) is 21.2 Å². The summed E-state index contributed by atoms with van der Waals surface area (Å²) in [5, 5.41) is 3.39. The molecule has 0 spiro atoms. The van der Waals surface area contributed by atoms with E-state index in [9.17, 15) is 4.79 Å². The molecule has 21 heavy (non-hydrogen) atoms. The minimum atomic E-state index is -0.267. The van der Waals surface area contributed by atoms with Crippen LogP contribution in [0.1, 0.15) is 5.56 Å². The second kappa shape index (κ2) is 6.33. The van der Waals surface area contributed by atoms with Gasteiger partial charge in [0.25, 0.3) is 0 Å². The van der Waals surface area contributed by atoms with Crippen molar-refractivity contribution in [3.8, 4) is 11.1 Å². The van der Waals surface area contributed by atoms with Gasteiger partial charge < -0.3 is 5.73 Å². The maximum atomic E-state index is 10.9. The van der Waals surface area contributed by atoms with E-state index in [2.05, 4.69) is 47.8 Å². The van der Waals surface area contributed by atoms with Crippen LogP contribution in [-0.2, 0) is 10.5 Å². The van der Waals surface area contributed by atoms with Gasteiger partial charge in [-0.05, 0) is 45.7 Å². The molecule has 0 fully saturated rings. The minimum Gasteiger partial charge on any atom is -0.369 e. The first kappa shape index (κ1) is 14.2. The molecule has 2 aromatic carbocycles. The first-order chi connectivity index (χ1) is 10.2. The summed E-state index contributed by atoms with van der Waals surface area (Å²) < 4.78 is 1.30. The molecule has 0 aliphatic carbocycles. The lowest BCUT2D eigenvalue weighted by Crippen LogP contribution is -2.13. The lowest BCUT2D eigenvalue weighted by Gasteiger charge is -2.09. The van der Waals surface area contributed by atoms with E-state index in [0.717, 1.165) is 5.75 Å². The molecule has 3 rings (SSSR count). The van der Waals surface area contributed by atoms with Crippen LogP contribution in [0.2, 0.25) is 0 Å². The number of thiophene rings is 1. The Morgan fingerprint density at radius 1 is 1.14 bits per heavy atom. The van der Waals surface area contributed by atoms with E-state index < -0.39 is 0 Å². The molecule has 0 atom stereocenters. The Kier molecular flexibility index (Phi) is 4.27. The number of primary amides is 1. The normalized spacial score (nSPS) is 10.9. The second-order valence-corrected chi connectivity index (χ2v) is 6.72. The van der Waals surface area contributed by atoms with Crippen molar-refractivity contribution in [1.82, 2.24) is 0 Å². The Bertz CT molecular complexity index is 779. The number of rotatable bonds is 5. The summed E-state index contributed by atoms with van der Waals surface area (Å²) in [6.07, 6.45) is 0. The molecule has 0 unspecified atom stereocenters. The van der Waals surface area contributed by atoms with Gasteiger partial charge in [0.2, 0.25) is 5.91 Å². The zero-order valence-corrected chi connectivity index (χ0v) is 13.0. The SMILES string of the molecule is NC(=O)CSCc1ccccc1-c1ccc2sccc2c1. The van der Waals surface area contributed by atoms with Gasteiger partial charge in [0.05, 0.1) is 5.75 Å². The third-order valence-electron chi connectivity index (χ3n) is 3.28. The maximum Gasteiger partial charge on any atom is 0.227 e. The van der Waals surface area contributed by atoms with E-state index in [-0.39, 0.29) is 5.91 Å². The van der Waals surface area contributed by atoms with Crippen molar-refractivity contribution in [2.45, 2.75) is 5.75 Å². The molecule has 1 amide bonds. The Hall–Kier alpha value is -1.78. The van der Waals surface area contributed by atoms with Crippen molar-refractivity contribution in [2.24, 2.45) is 5.73 Å². The number of benzene rings is 2. The lowest BCUT2D eigenvalue weighted by molar-refractivity contribution is -0.115. The average molecular weight is 313 g/mol. The molecular formula is C17H15NOS2. The second-order valence-electron chi connectivity index (χ2n) is 4.79. The topological polar surface area (TPSA) is 43.1 Å². The molecule has 2 N–H and O–H groups in total. The fraction of sp³-hybridized carbons (Fsp3) is 0.118. The zero-order chi connectivity index (χ0) is 14.7. The Morgan fingerprint density at radius 2 is 2.00 bits per heavy atom. The van der Waals surface area contributed by atoms with Crippen LogP contribution < -0.4 is 5.73 Å². The quantitative estimate of drug-likeness (QED) is 0.763. The van der Waals surface area contributed by atoms with Crippen molar-refractivity contribution in [3.05, 3.63) is 59.5 Å². The molecule has 0 aliphatic heterocycles. The van der Waals surface area contributed by atoms with E-state index >= 15 is 0 Å². The third-order valence-corrected chi connectivity index (χ3v) is 5.18. The molecule has 0 radical (unpaired) electrons. The number of thioether (sulfide) groups is 1. The number of nitrogens with two attached hydrogens (primary N) is 1. The van der Waals surface area contributed by atoms with Crippen LogP contribution in [0, 0.1) is 0 Å². The van der Waals surface area contributed by atoms with E-state index in [1.807, 2.05) is 6.07 Å². The molecule has 1 aromatic heterocycles. The Morgan fingerprint density at radius 3 is 2.86 bits per heavy atom. The molecule has 106 valence electrons. The smallest absolute Gasteiger partial charge is 0.227 e. The van der Waals surface area contributed by atoms with Crippen LogP contribution >= 0.6 is 23.1 Å². The van der Waals surface area contributed by atoms with Crippen molar-refractivity contribution < 1.29 is 4.79 Å². The largest absolute Gasteiger partial charge is 0.369 e. The van der Waals surface area contributed by atoms with Gasteiger partial charge in [0.1, 0.15) is 0 Å². The fourth-order valence-electron chi connectivity index (χ4n) is 2.32. The molecule has 0 aliphatic rings. The van der Waals surface area contributed by atoms with Crippen molar-refractivity contribution >= 4 is 39.1 Å². The first-order valence-electron chi connectivity index (χ1n) is 6.65. The molecule has 4 heteroatoms. The highest BCUT2D eigenvalue weighted by Crippen LogP contribution is 2.31. The van der Waals surface area contributed by atoms with E-state index in [1.165, 1.54) is 26.8 Å². The number of amides is 1. The van der Waals surface area contributed by atoms with Gasteiger partial charge >= 0.3 is 0 Å². The van der Waals surface area contributed by atoms with Gasteiger partial charge in [-0.3, -0.25) is 4.79 Å². The van der Waals surface area contributed by atoms with Gasteiger partial charge in [0, 0.05) is 10.5 Å². The summed E-state index contributed by atoms with van der Waals surface area (Å²) in [6, 6.07) is 17.0. The number of hydrogen-bond acceptors (Lipinski definition) is 3. The maximum absolute atomic E-state index is 10.9. The summed E-state index contributed by atoms with van der Waals surface area (Å²) in [5.41, 5.74) is 8.88. The summed E-state index contributed by atoms with van der Waals surface area (Å²) in [4.78, 5) is 10.9. The van der Waals surface area contributed by atoms with Crippen LogP contribution in [0.3, 0.4) is 0 Å². The molecule has 0 saturated carbocycles. The van der Waals surface area contributed by atoms with Crippen molar-refractivity contribution in [2.75, 3.05) is 5.75 Å². The zero-order valence-electron chi connectivity index (χ0n) is 11.4. The highest BCUT2D eigenvalue weighted by Gasteiger charge is 2.07. The molecular weight excluding hydrogens is 298 g/mol. The molecule has 1 heterocycles. The Labute approximate surface area is 132 Å². The van der Waals surface area contributed by atoms with E-state index in [4.69, 9.17) is 5.73 Å². The highest BCUT2D eigenvalue weighted by molar-refractivity contribution is 7.99. The summed E-state index contributed by atoms with van der Waals surface area (Å²) in [6.45, 7) is 0. The first-order valence-corrected chi connectivity index (χ1v) is 8.69. The average Bonchev–Trinajstić information content (AvgIpc) is 2.95. The van der Waals surface area contributed by atoms with Gasteiger partial charge in [-0.15, -0.1) is 23.1 Å². The summed E-state index contributed by atoms with van der Waals surface area (Å²) in [5.74, 6) is 0.885. The van der Waals surface area contributed by atoms with Crippen LogP contribution in [0.5, 0.6) is 0 Å². The van der Waals surface area contributed by atoms with Gasteiger partial charge in [-0.1, -0.05) is 30.3 Å². The number of hydrogen-bond donors (Lipinski definition) is 1. The molecule has 0 bridgehead atoms. The number of fused-ring (bicyclic) bond motifs is 1. The van der Waals surface area contributed by atoms with Crippen LogP contribution in [0.15, 0.2) is 53.9 Å². The van der Waals surface area contributed by atoms with Crippen LogP contribution in [-0.4, -0.2) is 11.7 Å².